The van der Waals surface area contributed by atoms with Crippen molar-refractivity contribution in [2.45, 2.75) is 25.9 Å². The molecule has 2 unspecified atom stereocenters. The summed E-state index contributed by atoms with van der Waals surface area (Å²) in [5.74, 6) is 0.0123. The third-order valence-corrected chi connectivity index (χ3v) is 3.70. The Morgan fingerprint density at radius 3 is 3.00 bits per heavy atom. The molecule has 5 heteroatoms. The van der Waals surface area contributed by atoms with Gasteiger partial charge in [0.05, 0.1) is 5.52 Å². The lowest BCUT2D eigenvalue weighted by atomic mass is 10.1. The molecule has 1 aromatic carbocycles. The predicted octanol–water partition coefficient (Wildman–Crippen LogP) is 1.39. The number of amides is 1. The van der Waals surface area contributed by atoms with Gasteiger partial charge < -0.3 is 10.2 Å². The number of piperazine rings is 1. The summed E-state index contributed by atoms with van der Waals surface area (Å²) in [6.07, 6.45) is 0. The van der Waals surface area contributed by atoms with Crippen LogP contribution in [-0.4, -0.2) is 46.2 Å². The Balaban J connectivity index is 1.95. The number of para-hydroxylation sites is 1. The number of nitrogens with zero attached hydrogens (tertiary/aromatic N) is 2. The van der Waals surface area contributed by atoms with Gasteiger partial charge in [0, 0.05) is 30.6 Å². The van der Waals surface area contributed by atoms with Crippen molar-refractivity contribution in [3.05, 3.63) is 30.0 Å². The summed E-state index contributed by atoms with van der Waals surface area (Å²) in [4.78, 5) is 14.6. The number of fused-ring (bicyclic) bond motifs is 1. The molecule has 0 radical (unpaired) electrons. The Bertz CT molecular complexity index is 606. The quantitative estimate of drug-likeness (QED) is 0.812. The van der Waals surface area contributed by atoms with E-state index in [1.165, 1.54) is 0 Å². The van der Waals surface area contributed by atoms with E-state index in [0.29, 0.717) is 11.7 Å². The van der Waals surface area contributed by atoms with Crippen molar-refractivity contribution in [3.8, 4) is 0 Å². The SMILES string of the molecule is CC1CN(C(=O)c2n[nH]c3ccccc23)C(C)CN1. The molecule has 0 aliphatic carbocycles. The van der Waals surface area contributed by atoms with Gasteiger partial charge in [-0.05, 0) is 19.9 Å². The molecule has 1 aromatic heterocycles. The van der Waals surface area contributed by atoms with E-state index in [9.17, 15) is 4.79 Å². The molecule has 3 rings (SSSR count). The van der Waals surface area contributed by atoms with Gasteiger partial charge in [0.15, 0.2) is 5.69 Å². The fraction of sp³-hybridized carbons (Fsp3) is 0.429. The average Bonchev–Trinajstić information content (AvgIpc) is 2.84. The minimum absolute atomic E-state index is 0.0123. The van der Waals surface area contributed by atoms with E-state index in [1.54, 1.807) is 0 Å². The van der Waals surface area contributed by atoms with Crippen LogP contribution >= 0.6 is 0 Å². The molecule has 19 heavy (non-hydrogen) atoms. The first-order chi connectivity index (χ1) is 9.16. The lowest BCUT2D eigenvalue weighted by Crippen LogP contribution is -2.56. The topological polar surface area (TPSA) is 61.0 Å². The second-order valence-corrected chi connectivity index (χ2v) is 5.23. The minimum Gasteiger partial charge on any atom is -0.332 e. The minimum atomic E-state index is 0.0123. The number of carbonyl (C=O) groups is 1. The number of hydrogen-bond donors (Lipinski definition) is 2. The standard InChI is InChI=1S/C14H18N4O/c1-9-8-18(10(2)7-15-9)14(19)13-11-5-3-4-6-12(11)16-17-13/h3-6,9-10,15H,7-8H2,1-2H3,(H,16,17). The Morgan fingerprint density at radius 2 is 2.16 bits per heavy atom. The number of rotatable bonds is 1. The zero-order valence-corrected chi connectivity index (χ0v) is 11.2. The summed E-state index contributed by atoms with van der Waals surface area (Å²) in [6.45, 7) is 5.71. The normalized spacial score (nSPS) is 23.8. The van der Waals surface area contributed by atoms with Crippen LogP contribution in [0.1, 0.15) is 24.3 Å². The van der Waals surface area contributed by atoms with E-state index in [0.717, 1.165) is 24.0 Å². The Labute approximate surface area is 112 Å². The van der Waals surface area contributed by atoms with Crippen LogP contribution in [0.2, 0.25) is 0 Å². The zero-order valence-electron chi connectivity index (χ0n) is 11.2. The van der Waals surface area contributed by atoms with E-state index >= 15 is 0 Å². The predicted molar refractivity (Wildman–Crippen MR) is 74.1 cm³/mol. The number of H-pyrrole nitrogens is 1. The third kappa shape index (κ3) is 2.10. The number of aromatic nitrogens is 2. The fourth-order valence-electron chi connectivity index (χ4n) is 2.57. The lowest BCUT2D eigenvalue weighted by Gasteiger charge is -2.37. The maximum atomic E-state index is 12.6. The molecule has 1 amide bonds. The van der Waals surface area contributed by atoms with E-state index in [2.05, 4.69) is 29.4 Å². The second kappa shape index (κ2) is 4.66. The van der Waals surface area contributed by atoms with E-state index in [1.807, 2.05) is 29.2 Å². The maximum Gasteiger partial charge on any atom is 0.275 e. The number of nitrogens with one attached hydrogen (secondary N) is 2. The van der Waals surface area contributed by atoms with E-state index in [4.69, 9.17) is 0 Å². The van der Waals surface area contributed by atoms with Gasteiger partial charge >= 0.3 is 0 Å². The molecule has 2 heterocycles. The van der Waals surface area contributed by atoms with Crippen LogP contribution in [0.15, 0.2) is 24.3 Å². The van der Waals surface area contributed by atoms with Crippen molar-refractivity contribution >= 4 is 16.8 Å². The van der Waals surface area contributed by atoms with Gasteiger partial charge in [0.1, 0.15) is 0 Å². The van der Waals surface area contributed by atoms with Crippen molar-refractivity contribution in [2.24, 2.45) is 0 Å². The first-order valence-electron chi connectivity index (χ1n) is 6.64. The summed E-state index contributed by atoms with van der Waals surface area (Å²) >= 11 is 0. The van der Waals surface area contributed by atoms with Gasteiger partial charge in [-0.2, -0.15) is 5.10 Å². The number of hydrogen-bond acceptors (Lipinski definition) is 3. The molecule has 1 fully saturated rings. The molecule has 1 aliphatic rings. The average molecular weight is 258 g/mol. The van der Waals surface area contributed by atoms with Crippen LogP contribution in [0, 0.1) is 0 Å². The van der Waals surface area contributed by atoms with E-state index < -0.39 is 0 Å². The highest BCUT2D eigenvalue weighted by molar-refractivity contribution is 6.04. The lowest BCUT2D eigenvalue weighted by molar-refractivity contribution is 0.0612. The maximum absolute atomic E-state index is 12.6. The van der Waals surface area contributed by atoms with Crippen LogP contribution < -0.4 is 5.32 Å². The highest BCUT2D eigenvalue weighted by Crippen LogP contribution is 2.19. The summed E-state index contributed by atoms with van der Waals surface area (Å²) in [5.41, 5.74) is 1.43. The molecule has 0 spiro atoms. The smallest absolute Gasteiger partial charge is 0.275 e. The molecule has 0 bridgehead atoms. The highest BCUT2D eigenvalue weighted by atomic mass is 16.2. The molecule has 100 valence electrons. The van der Waals surface area contributed by atoms with Gasteiger partial charge in [0.25, 0.3) is 5.91 Å². The van der Waals surface area contributed by atoms with Crippen molar-refractivity contribution in [3.63, 3.8) is 0 Å². The van der Waals surface area contributed by atoms with Crippen molar-refractivity contribution in [1.82, 2.24) is 20.4 Å². The Kier molecular flexibility index (Phi) is 2.98. The van der Waals surface area contributed by atoms with Gasteiger partial charge in [0.2, 0.25) is 0 Å². The number of aromatic amines is 1. The molecule has 2 atom stereocenters. The van der Waals surface area contributed by atoms with Crippen LogP contribution in [0.3, 0.4) is 0 Å². The van der Waals surface area contributed by atoms with Gasteiger partial charge in [-0.15, -0.1) is 0 Å². The molecular formula is C14H18N4O. The molecule has 5 nitrogen and oxygen atoms in total. The summed E-state index contributed by atoms with van der Waals surface area (Å²) < 4.78 is 0. The van der Waals surface area contributed by atoms with Crippen molar-refractivity contribution in [1.29, 1.82) is 0 Å². The molecule has 0 saturated carbocycles. The number of benzene rings is 1. The van der Waals surface area contributed by atoms with Crippen LogP contribution in [0.25, 0.3) is 10.9 Å². The van der Waals surface area contributed by atoms with Crippen LogP contribution in [0.4, 0.5) is 0 Å². The first-order valence-corrected chi connectivity index (χ1v) is 6.64. The molecular weight excluding hydrogens is 240 g/mol. The van der Waals surface area contributed by atoms with Crippen LogP contribution in [-0.2, 0) is 0 Å². The van der Waals surface area contributed by atoms with Gasteiger partial charge in [-0.3, -0.25) is 9.89 Å². The zero-order chi connectivity index (χ0) is 13.4. The first kappa shape index (κ1) is 12.2. The Hall–Kier alpha value is -1.88. The molecule has 2 aromatic rings. The summed E-state index contributed by atoms with van der Waals surface area (Å²) in [5, 5.41) is 11.4. The van der Waals surface area contributed by atoms with Gasteiger partial charge in [-0.25, -0.2) is 0 Å². The third-order valence-electron chi connectivity index (χ3n) is 3.70. The second-order valence-electron chi connectivity index (χ2n) is 5.23. The highest BCUT2D eigenvalue weighted by Gasteiger charge is 2.29. The fourth-order valence-corrected chi connectivity index (χ4v) is 2.57. The Morgan fingerprint density at radius 1 is 1.37 bits per heavy atom. The largest absolute Gasteiger partial charge is 0.332 e. The monoisotopic (exact) mass is 258 g/mol. The number of carbonyl (C=O) groups excluding carboxylic acids is 1. The summed E-state index contributed by atoms with van der Waals surface area (Å²) in [7, 11) is 0. The summed E-state index contributed by atoms with van der Waals surface area (Å²) in [6, 6.07) is 8.25. The van der Waals surface area contributed by atoms with Crippen LogP contribution in [0.5, 0.6) is 0 Å². The van der Waals surface area contributed by atoms with Crippen molar-refractivity contribution < 1.29 is 4.79 Å². The molecule has 1 aliphatic heterocycles. The van der Waals surface area contributed by atoms with E-state index in [-0.39, 0.29) is 11.9 Å². The molecule has 1 saturated heterocycles. The van der Waals surface area contributed by atoms with Crippen molar-refractivity contribution in [2.75, 3.05) is 13.1 Å². The van der Waals surface area contributed by atoms with Gasteiger partial charge in [-0.1, -0.05) is 18.2 Å². The molecule has 2 N–H and O–H groups in total.